The number of carbonyl (C=O) groups is 2. The number of nitriles is 1. The van der Waals surface area contributed by atoms with E-state index in [9.17, 15) is 9.59 Å². The summed E-state index contributed by atoms with van der Waals surface area (Å²) in [6.45, 7) is 4.73. The molecule has 2 aliphatic rings. The molecule has 1 unspecified atom stereocenters. The van der Waals surface area contributed by atoms with Gasteiger partial charge in [-0.15, -0.1) is 0 Å². The molecule has 7 nitrogen and oxygen atoms in total. The highest BCUT2D eigenvalue weighted by molar-refractivity contribution is 5.99. The Bertz CT molecular complexity index is 1080. The van der Waals surface area contributed by atoms with Gasteiger partial charge in [0, 0.05) is 30.6 Å². The van der Waals surface area contributed by atoms with Crippen LogP contribution in [0, 0.1) is 23.2 Å². The summed E-state index contributed by atoms with van der Waals surface area (Å²) in [6, 6.07) is 5.86. The molecular weight excluding hydrogens is 366 g/mol. The summed E-state index contributed by atoms with van der Waals surface area (Å²) in [4.78, 5) is 34.1. The van der Waals surface area contributed by atoms with Gasteiger partial charge in [0.05, 0.1) is 0 Å². The number of pyridine rings is 1. The standard InChI is InChI=1S/C22H23N5O2/c1-3-14(11-23)22(29)27-9-7-16(13(2)12-27)18-10-19(26-21(28)15-4-5-15)25-20-17(18)6-8-24-20/h3,6-8,10,13,15H,4-5,9,12H2,1-2H3,(H2,24,25,26,28)/b14-3-. The number of anilines is 1. The first kappa shape index (κ1) is 18.9. The Morgan fingerprint density at radius 1 is 1.41 bits per heavy atom. The first-order valence-corrected chi connectivity index (χ1v) is 9.87. The van der Waals surface area contributed by atoms with Gasteiger partial charge >= 0.3 is 0 Å². The maximum atomic E-state index is 12.5. The normalized spacial score (nSPS) is 19.6. The molecule has 1 saturated carbocycles. The van der Waals surface area contributed by atoms with E-state index in [0.29, 0.717) is 18.9 Å². The number of nitrogens with zero attached hydrogens (tertiary/aromatic N) is 3. The second-order valence-corrected chi connectivity index (χ2v) is 7.64. The van der Waals surface area contributed by atoms with Crippen LogP contribution < -0.4 is 5.32 Å². The van der Waals surface area contributed by atoms with Crippen molar-refractivity contribution in [1.82, 2.24) is 14.9 Å². The average Bonchev–Trinajstić information content (AvgIpc) is 3.46. The molecule has 0 saturated heterocycles. The van der Waals surface area contributed by atoms with Crippen molar-refractivity contribution in [1.29, 1.82) is 5.26 Å². The van der Waals surface area contributed by atoms with Gasteiger partial charge in [0.2, 0.25) is 5.91 Å². The van der Waals surface area contributed by atoms with Crippen LogP contribution in [-0.2, 0) is 9.59 Å². The smallest absolute Gasteiger partial charge is 0.264 e. The molecule has 2 amide bonds. The molecule has 1 atom stereocenters. The molecule has 0 spiro atoms. The van der Waals surface area contributed by atoms with E-state index in [4.69, 9.17) is 5.26 Å². The second-order valence-electron chi connectivity index (χ2n) is 7.64. The summed E-state index contributed by atoms with van der Waals surface area (Å²) < 4.78 is 0. The zero-order valence-corrected chi connectivity index (χ0v) is 16.5. The van der Waals surface area contributed by atoms with Crippen LogP contribution in [0.1, 0.15) is 32.3 Å². The van der Waals surface area contributed by atoms with Crippen molar-refractivity contribution < 1.29 is 9.59 Å². The van der Waals surface area contributed by atoms with Crippen LogP contribution in [0.5, 0.6) is 0 Å². The minimum absolute atomic E-state index is 0.0205. The Kier molecular flexibility index (Phi) is 4.93. The van der Waals surface area contributed by atoms with Crippen molar-refractivity contribution in [2.24, 2.45) is 11.8 Å². The fourth-order valence-corrected chi connectivity index (χ4v) is 3.77. The number of amides is 2. The number of aromatic nitrogens is 2. The number of nitrogens with one attached hydrogen (secondary N) is 2. The lowest BCUT2D eigenvalue weighted by atomic mass is 9.89. The van der Waals surface area contributed by atoms with E-state index in [1.807, 2.05) is 30.5 Å². The van der Waals surface area contributed by atoms with E-state index in [1.165, 1.54) is 0 Å². The summed E-state index contributed by atoms with van der Waals surface area (Å²) in [6.07, 6.45) is 7.29. The molecule has 2 N–H and O–H groups in total. The fraction of sp³-hybridized carbons (Fsp3) is 0.364. The predicted octanol–water partition coefficient (Wildman–Crippen LogP) is 3.24. The highest BCUT2D eigenvalue weighted by Crippen LogP contribution is 2.35. The Morgan fingerprint density at radius 2 is 2.21 bits per heavy atom. The van der Waals surface area contributed by atoms with Gasteiger partial charge in [0.1, 0.15) is 23.1 Å². The van der Waals surface area contributed by atoms with Gasteiger partial charge in [-0.1, -0.05) is 19.1 Å². The molecule has 1 aliphatic carbocycles. The lowest BCUT2D eigenvalue weighted by molar-refractivity contribution is -0.126. The van der Waals surface area contributed by atoms with Crippen LogP contribution in [0.4, 0.5) is 5.82 Å². The van der Waals surface area contributed by atoms with E-state index in [2.05, 4.69) is 22.2 Å². The highest BCUT2D eigenvalue weighted by atomic mass is 16.2. The van der Waals surface area contributed by atoms with Crippen molar-refractivity contribution in [2.75, 3.05) is 18.4 Å². The Balaban J connectivity index is 1.65. The zero-order chi connectivity index (χ0) is 20.5. The number of rotatable bonds is 4. The van der Waals surface area contributed by atoms with Crippen molar-refractivity contribution in [3.8, 4) is 6.07 Å². The summed E-state index contributed by atoms with van der Waals surface area (Å²) >= 11 is 0. The summed E-state index contributed by atoms with van der Waals surface area (Å²) in [7, 11) is 0. The Labute approximate surface area is 169 Å². The second kappa shape index (κ2) is 7.55. The van der Waals surface area contributed by atoms with E-state index in [-0.39, 0.29) is 29.2 Å². The molecule has 0 aromatic carbocycles. The molecule has 0 radical (unpaired) electrons. The van der Waals surface area contributed by atoms with Crippen molar-refractivity contribution in [2.45, 2.75) is 26.7 Å². The third-order valence-electron chi connectivity index (χ3n) is 5.52. The van der Waals surface area contributed by atoms with Crippen molar-refractivity contribution in [3.63, 3.8) is 0 Å². The van der Waals surface area contributed by atoms with E-state index in [1.54, 1.807) is 17.9 Å². The zero-order valence-electron chi connectivity index (χ0n) is 16.5. The molecule has 4 rings (SSSR count). The van der Waals surface area contributed by atoms with Gasteiger partial charge in [0.25, 0.3) is 5.91 Å². The Hall–Kier alpha value is -3.40. The maximum absolute atomic E-state index is 12.5. The van der Waals surface area contributed by atoms with Gasteiger partial charge in [-0.2, -0.15) is 5.26 Å². The van der Waals surface area contributed by atoms with E-state index >= 15 is 0 Å². The largest absolute Gasteiger partial charge is 0.346 e. The number of hydrogen-bond donors (Lipinski definition) is 2. The van der Waals surface area contributed by atoms with Crippen LogP contribution in [-0.4, -0.2) is 39.8 Å². The van der Waals surface area contributed by atoms with Crippen LogP contribution in [0.3, 0.4) is 0 Å². The lowest BCUT2D eigenvalue weighted by Gasteiger charge is -2.31. The number of aromatic amines is 1. The average molecular weight is 389 g/mol. The molecule has 29 heavy (non-hydrogen) atoms. The minimum atomic E-state index is -0.240. The summed E-state index contributed by atoms with van der Waals surface area (Å²) in [5, 5.41) is 13.1. The number of H-pyrrole nitrogens is 1. The van der Waals surface area contributed by atoms with Crippen LogP contribution in [0.25, 0.3) is 16.6 Å². The predicted molar refractivity (Wildman–Crippen MR) is 111 cm³/mol. The van der Waals surface area contributed by atoms with E-state index < -0.39 is 0 Å². The van der Waals surface area contributed by atoms with Gasteiger partial charge in [-0.05, 0) is 49.0 Å². The molecule has 2 aromatic heterocycles. The molecule has 1 aliphatic heterocycles. The van der Waals surface area contributed by atoms with Gasteiger partial charge in [0.15, 0.2) is 0 Å². The Morgan fingerprint density at radius 3 is 2.86 bits per heavy atom. The highest BCUT2D eigenvalue weighted by Gasteiger charge is 2.30. The third kappa shape index (κ3) is 3.66. The maximum Gasteiger partial charge on any atom is 0.264 e. The number of hydrogen-bond acceptors (Lipinski definition) is 4. The third-order valence-corrected chi connectivity index (χ3v) is 5.52. The van der Waals surface area contributed by atoms with Gasteiger partial charge in [-0.25, -0.2) is 4.98 Å². The van der Waals surface area contributed by atoms with E-state index in [0.717, 1.165) is 35.0 Å². The molecule has 148 valence electrons. The van der Waals surface area contributed by atoms with Crippen molar-refractivity contribution in [3.05, 3.63) is 41.6 Å². The summed E-state index contributed by atoms with van der Waals surface area (Å²) in [5.74, 6) is 0.507. The van der Waals surface area contributed by atoms with Crippen LogP contribution >= 0.6 is 0 Å². The van der Waals surface area contributed by atoms with Crippen molar-refractivity contribution >= 4 is 34.2 Å². The molecule has 3 heterocycles. The molecule has 7 heteroatoms. The van der Waals surface area contributed by atoms with Crippen LogP contribution in [0.2, 0.25) is 0 Å². The van der Waals surface area contributed by atoms with Crippen LogP contribution in [0.15, 0.2) is 36.1 Å². The molecule has 2 aromatic rings. The van der Waals surface area contributed by atoms with Gasteiger partial charge < -0.3 is 15.2 Å². The molecule has 1 fully saturated rings. The molecular formula is C22H23N5O2. The van der Waals surface area contributed by atoms with Gasteiger partial charge in [-0.3, -0.25) is 9.59 Å². The SMILES string of the molecule is C/C=C(/C#N)C(=O)N1CC=C(c2cc(NC(=O)C3CC3)nc3[nH]ccc23)C(C)C1. The molecule has 0 bridgehead atoms. The number of allylic oxidation sites excluding steroid dienone is 1. The monoisotopic (exact) mass is 389 g/mol. The fourth-order valence-electron chi connectivity index (χ4n) is 3.77. The lowest BCUT2D eigenvalue weighted by Crippen LogP contribution is -2.38. The topological polar surface area (TPSA) is 102 Å². The summed E-state index contributed by atoms with van der Waals surface area (Å²) in [5.41, 5.74) is 3.01. The quantitative estimate of drug-likeness (QED) is 0.619. The number of carbonyl (C=O) groups excluding carboxylic acids is 2. The minimum Gasteiger partial charge on any atom is -0.346 e. The number of fused-ring (bicyclic) bond motifs is 1. The first-order chi connectivity index (χ1) is 14.0. The first-order valence-electron chi connectivity index (χ1n) is 9.87.